The number of likely N-dealkylation sites (tertiary alicyclic amines) is 3. The molecular weight excluding hydrogens is 902 g/mol. The van der Waals surface area contributed by atoms with Crippen LogP contribution in [0.2, 0.25) is 0 Å². The molecule has 3 saturated heterocycles. The van der Waals surface area contributed by atoms with E-state index in [0.29, 0.717) is 76.1 Å². The lowest BCUT2D eigenvalue weighted by Crippen LogP contribution is -2.59. The van der Waals surface area contributed by atoms with Crippen LogP contribution in [0.25, 0.3) is 10.9 Å². The Morgan fingerprint density at radius 2 is 1.57 bits per heavy atom. The van der Waals surface area contributed by atoms with E-state index in [1.54, 1.807) is 24.3 Å². The minimum Gasteiger partial charge on any atom is -0.358 e. The molecule has 3 aliphatic carbocycles. The molecule has 3 aromatic rings. The van der Waals surface area contributed by atoms with Crippen LogP contribution in [-0.4, -0.2) is 134 Å². The summed E-state index contributed by atoms with van der Waals surface area (Å²) in [6.45, 7) is 6.06. The van der Waals surface area contributed by atoms with Crippen molar-refractivity contribution in [2.75, 3.05) is 39.0 Å². The van der Waals surface area contributed by atoms with E-state index in [-0.39, 0.29) is 94.6 Å². The highest BCUT2D eigenvalue weighted by Gasteiger charge is 2.48. The fraction of sp³-hybridized carbons (Fsp3) is 0.654. The van der Waals surface area contributed by atoms with Crippen LogP contribution in [-0.2, 0) is 30.1 Å². The van der Waals surface area contributed by atoms with E-state index in [0.717, 1.165) is 62.6 Å². The van der Waals surface area contributed by atoms with E-state index in [1.165, 1.54) is 12.4 Å². The van der Waals surface area contributed by atoms with Gasteiger partial charge in [0.2, 0.25) is 29.5 Å². The van der Waals surface area contributed by atoms with Crippen LogP contribution in [0.4, 0.5) is 19.0 Å². The normalized spacial score (nSPS) is 28.8. The molecule has 0 unspecified atom stereocenters. The van der Waals surface area contributed by atoms with E-state index >= 15 is 0 Å². The molecule has 15 nitrogen and oxygen atoms in total. The number of pyridine rings is 1. The molecule has 2 aromatic heterocycles. The first-order valence-electron chi connectivity index (χ1n) is 25.6. The predicted molar refractivity (Wildman–Crippen MR) is 256 cm³/mol. The van der Waals surface area contributed by atoms with Crippen molar-refractivity contribution in [1.82, 2.24) is 45.2 Å². The molecule has 18 heteroatoms. The Morgan fingerprint density at radius 3 is 2.26 bits per heavy atom. The number of carbonyl (C=O) groups excluding carboxylic acids is 5. The number of piperidine rings is 1. The average molecular weight is 971 g/mol. The molecule has 9 rings (SSSR count). The van der Waals surface area contributed by atoms with Crippen LogP contribution in [0.3, 0.4) is 0 Å². The van der Waals surface area contributed by atoms with Crippen LogP contribution < -0.4 is 16.0 Å². The van der Waals surface area contributed by atoms with Gasteiger partial charge < -0.3 is 35.6 Å². The second kappa shape index (κ2) is 20.4. The minimum atomic E-state index is -4.54. The van der Waals surface area contributed by atoms with Crippen LogP contribution in [0.1, 0.15) is 127 Å². The zero-order valence-electron chi connectivity index (χ0n) is 40.9. The Hall–Kier alpha value is -5.39. The number of halogens is 3. The van der Waals surface area contributed by atoms with Gasteiger partial charge in [0.1, 0.15) is 18.2 Å². The lowest BCUT2D eigenvalue weighted by atomic mass is 9.65. The van der Waals surface area contributed by atoms with Crippen LogP contribution in [0.5, 0.6) is 0 Å². The van der Waals surface area contributed by atoms with Gasteiger partial charge in [-0.2, -0.15) is 13.2 Å². The topological polar surface area (TPSA) is 173 Å². The van der Waals surface area contributed by atoms with Gasteiger partial charge in [-0.15, -0.1) is 0 Å². The molecule has 1 aromatic carbocycles. The molecule has 6 atom stereocenters. The molecule has 0 bridgehead atoms. The Balaban J connectivity index is 0.751. The van der Waals surface area contributed by atoms with Crippen LogP contribution in [0.15, 0.2) is 49.1 Å². The van der Waals surface area contributed by atoms with E-state index < -0.39 is 23.7 Å². The first kappa shape index (κ1) is 49.6. The standard InChI is InChI=1S/C52H69F3N10O5/c1-31(2)62(3)37-12-14-43(65-23-17-41(50(65)70)60-46-38-26-35(52(53,54)55)9-13-40(38)57-30-58-46)42(27-37)61-48(68)32-7-10-36(11-8-32)59-47(67)33-15-18-51(19-16-33)20-24-64(25-21-51)49(69)39-28-44(66)63(4)45(39)34-6-5-22-56-29-34/h5-6,9,13,22,26,29-33,36-37,39,41-43,45H,7-8,10-12,14-21,23-25,27-28H2,1-4H3,(H,59,67)(H,61,68)(H,57,58,60)/t32?,36?,37-,39+,41+,42-,43+,45-/m1/s1. The highest BCUT2D eigenvalue weighted by Crippen LogP contribution is 2.48. The van der Waals surface area contributed by atoms with Gasteiger partial charge in [0, 0.05) is 80.8 Å². The Morgan fingerprint density at radius 1 is 0.857 bits per heavy atom. The summed E-state index contributed by atoms with van der Waals surface area (Å²) in [5.74, 6) is -0.596. The molecule has 5 heterocycles. The van der Waals surface area contributed by atoms with E-state index in [4.69, 9.17) is 0 Å². The lowest BCUT2D eigenvalue weighted by molar-refractivity contribution is -0.140. The first-order valence-corrected chi connectivity index (χ1v) is 25.6. The number of carbonyl (C=O) groups is 5. The molecule has 378 valence electrons. The molecule has 3 N–H and O–H groups in total. The van der Waals surface area contributed by atoms with Gasteiger partial charge in [-0.3, -0.25) is 29.0 Å². The molecule has 5 amide bonds. The predicted octanol–water partition coefficient (Wildman–Crippen LogP) is 6.50. The van der Waals surface area contributed by atoms with E-state index in [9.17, 15) is 37.1 Å². The van der Waals surface area contributed by atoms with E-state index in [2.05, 4.69) is 56.7 Å². The SMILES string of the molecule is CC(C)N(C)[C@@H]1CC[C@H](N2CC[C@H](Nc3ncnc4ccc(C(F)(F)F)cc34)C2=O)[C@H](NC(=O)C2CCC(NC(=O)C3CCC4(CC3)CCN(C(=O)[C@H]3CC(=O)N(C)[C@@H]3c3cccnc3)CC4)CC2)C1. The number of aromatic nitrogens is 3. The Bertz CT molecular complexity index is 2400. The zero-order valence-corrected chi connectivity index (χ0v) is 40.9. The summed E-state index contributed by atoms with van der Waals surface area (Å²) < 4.78 is 40.9. The third-order valence-corrected chi connectivity index (χ3v) is 17.3. The molecule has 70 heavy (non-hydrogen) atoms. The number of alkyl halides is 3. The molecule has 0 radical (unpaired) electrons. The van der Waals surface area contributed by atoms with Crippen molar-refractivity contribution < 1.29 is 37.1 Å². The summed E-state index contributed by atoms with van der Waals surface area (Å²) in [5.41, 5.74) is 0.518. The van der Waals surface area contributed by atoms with Crippen molar-refractivity contribution in [2.24, 2.45) is 23.2 Å². The van der Waals surface area contributed by atoms with Crippen molar-refractivity contribution in [1.29, 1.82) is 0 Å². The average Bonchev–Trinajstić information content (AvgIpc) is 3.87. The number of anilines is 1. The Labute approximate surface area is 408 Å². The smallest absolute Gasteiger partial charge is 0.358 e. The third-order valence-electron chi connectivity index (χ3n) is 17.3. The maximum atomic E-state index is 14.1. The van der Waals surface area contributed by atoms with Crippen molar-refractivity contribution in [3.63, 3.8) is 0 Å². The van der Waals surface area contributed by atoms with Gasteiger partial charge in [0.05, 0.1) is 35.1 Å². The fourth-order valence-corrected chi connectivity index (χ4v) is 12.8. The number of hydrogen-bond donors (Lipinski definition) is 3. The number of benzene rings is 1. The highest BCUT2D eigenvalue weighted by molar-refractivity contribution is 5.94. The van der Waals surface area contributed by atoms with E-state index in [1.807, 2.05) is 21.9 Å². The van der Waals surface area contributed by atoms with Gasteiger partial charge in [0.25, 0.3) is 0 Å². The Kier molecular flexibility index (Phi) is 14.4. The number of nitrogens with one attached hydrogen (secondary N) is 3. The van der Waals surface area contributed by atoms with Crippen LogP contribution >= 0.6 is 0 Å². The molecule has 6 aliphatic rings. The molecule has 1 spiro atoms. The molecule has 3 saturated carbocycles. The quantitative estimate of drug-likeness (QED) is 0.193. The second-order valence-corrected chi connectivity index (χ2v) is 21.6. The van der Waals surface area contributed by atoms with Gasteiger partial charge >= 0.3 is 6.18 Å². The summed E-state index contributed by atoms with van der Waals surface area (Å²) >= 11 is 0. The second-order valence-electron chi connectivity index (χ2n) is 21.6. The number of amides is 5. The number of hydrogen-bond acceptors (Lipinski definition) is 10. The number of fused-ring (bicyclic) bond motifs is 1. The maximum Gasteiger partial charge on any atom is 0.416 e. The monoisotopic (exact) mass is 971 g/mol. The summed E-state index contributed by atoms with van der Waals surface area (Å²) in [4.78, 5) is 89.0. The summed E-state index contributed by atoms with van der Waals surface area (Å²) in [7, 11) is 3.86. The molecule has 6 fully saturated rings. The van der Waals surface area contributed by atoms with Crippen molar-refractivity contribution >= 4 is 46.3 Å². The third kappa shape index (κ3) is 10.3. The highest BCUT2D eigenvalue weighted by atomic mass is 19.4. The van der Waals surface area contributed by atoms with Gasteiger partial charge in [-0.25, -0.2) is 9.97 Å². The van der Waals surface area contributed by atoms with Crippen molar-refractivity contribution in [3.8, 4) is 0 Å². The number of nitrogens with zero attached hydrogens (tertiary/aromatic N) is 7. The fourth-order valence-electron chi connectivity index (χ4n) is 12.8. The maximum absolute atomic E-state index is 14.1. The molecule has 3 aliphatic heterocycles. The summed E-state index contributed by atoms with van der Waals surface area (Å²) in [6.07, 6.45) is 11.1. The summed E-state index contributed by atoms with van der Waals surface area (Å²) in [6, 6.07) is 6.06. The zero-order chi connectivity index (χ0) is 49.5. The minimum absolute atomic E-state index is 0.00362. The molecular formula is C52H69F3N10O5. The number of rotatable bonds is 11. The lowest BCUT2D eigenvalue weighted by Gasteiger charge is -2.46. The largest absolute Gasteiger partial charge is 0.416 e. The van der Waals surface area contributed by atoms with Crippen LogP contribution in [0, 0.1) is 23.2 Å². The van der Waals surface area contributed by atoms with Gasteiger partial charge in [-0.1, -0.05) is 6.07 Å². The first-order chi connectivity index (χ1) is 33.5. The van der Waals surface area contributed by atoms with Gasteiger partial charge in [0.15, 0.2) is 0 Å². The van der Waals surface area contributed by atoms with Crippen molar-refractivity contribution in [3.05, 3.63) is 60.2 Å². The van der Waals surface area contributed by atoms with Gasteiger partial charge in [-0.05, 0) is 146 Å². The summed E-state index contributed by atoms with van der Waals surface area (Å²) in [5, 5.41) is 10.1. The van der Waals surface area contributed by atoms with Crippen molar-refractivity contribution in [2.45, 2.75) is 159 Å².